The Hall–Kier alpha value is -8.61. The van der Waals surface area contributed by atoms with Crippen LogP contribution in [0.2, 0.25) is 0 Å². The summed E-state index contributed by atoms with van der Waals surface area (Å²) in [6.45, 7) is 0. The monoisotopic (exact) mass is 803 g/mol. The summed E-state index contributed by atoms with van der Waals surface area (Å²) in [5, 5.41) is 9.48. The van der Waals surface area contributed by atoms with Crippen molar-refractivity contribution in [3.8, 4) is 51.0 Å². The van der Waals surface area contributed by atoms with Gasteiger partial charge in [-0.3, -0.25) is 0 Å². The molecule has 6 heteroatoms. The van der Waals surface area contributed by atoms with Crippen LogP contribution in [0.4, 0.5) is 0 Å². The summed E-state index contributed by atoms with van der Waals surface area (Å²) in [5.41, 5.74) is 13.4. The summed E-state index contributed by atoms with van der Waals surface area (Å²) >= 11 is 0. The van der Waals surface area contributed by atoms with Crippen LogP contribution >= 0.6 is 0 Å². The first kappa shape index (κ1) is 34.1. The number of rotatable bonds is 5. The van der Waals surface area contributed by atoms with Crippen molar-refractivity contribution in [1.29, 1.82) is 0 Å². The predicted octanol–water partition coefficient (Wildman–Crippen LogP) is 14.7. The molecular weight excluding hydrogens is 771 g/mol. The predicted molar refractivity (Wildman–Crippen MR) is 258 cm³/mol. The van der Waals surface area contributed by atoms with Gasteiger partial charge in [0.15, 0.2) is 17.5 Å². The molecule has 0 N–H and O–H groups in total. The lowest BCUT2D eigenvalue weighted by Gasteiger charge is -2.13. The van der Waals surface area contributed by atoms with Crippen molar-refractivity contribution in [1.82, 2.24) is 23.9 Å². The second-order valence-electron chi connectivity index (χ2n) is 16.3. The Morgan fingerprint density at radius 1 is 0.349 bits per heavy atom. The minimum atomic E-state index is 0.545. The van der Waals surface area contributed by atoms with Crippen LogP contribution in [0.5, 0.6) is 0 Å². The van der Waals surface area contributed by atoms with E-state index in [0.29, 0.717) is 17.5 Å². The maximum absolute atomic E-state index is 6.95. The average Bonchev–Trinajstić information content (AvgIpc) is 4.10. The van der Waals surface area contributed by atoms with E-state index in [0.717, 1.165) is 66.5 Å². The first-order valence-corrected chi connectivity index (χ1v) is 21.3. The van der Waals surface area contributed by atoms with Gasteiger partial charge >= 0.3 is 0 Å². The van der Waals surface area contributed by atoms with Crippen LogP contribution in [0.15, 0.2) is 205 Å². The molecule has 14 aromatic rings. The molecule has 0 spiro atoms. The quantitative estimate of drug-likeness (QED) is 0.174. The highest BCUT2D eigenvalue weighted by atomic mass is 16.3. The third-order valence-electron chi connectivity index (χ3n) is 12.9. The number of aromatic nitrogens is 5. The van der Waals surface area contributed by atoms with E-state index in [-0.39, 0.29) is 0 Å². The number of para-hydroxylation sites is 4. The number of benzene rings is 9. The Bertz CT molecular complexity index is 4130. The molecule has 0 atom stereocenters. The van der Waals surface area contributed by atoms with Gasteiger partial charge in [-0.05, 0) is 53.6 Å². The molecule has 0 amide bonds. The van der Waals surface area contributed by atoms with Gasteiger partial charge in [-0.25, -0.2) is 15.0 Å². The van der Waals surface area contributed by atoms with Gasteiger partial charge in [-0.2, -0.15) is 0 Å². The maximum Gasteiger partial charge on any atom is 0.167 e. The van der Waals surface area contributed by atoms with E-state index < -0.39 is 0 Å². The van der Waals surface area contributed by atoms with E-state index in [1.54, 1.807) is 0 Å². The molecule has 14 rings (SSSR count). The van der Waals surface area contributed by atoms with Crippen LogP contribution in [0.25, 0.3) is 133 Å². The lowest BCUT2D eigenvalue weighted by Crippen LogP contribution is -2.01. The lowest BCUT2D eigenvalue weighted by atomic mass is 10.0. The van der Waals surface area contributed by atoms with Crippen LogP contribution in [-0.2, 0) is 0 Å². The van der Waals surface area contributed by atoms with Crippen molar-refractivity contribution in [3.05, 3.63) is 200 Å². The summed E-state index contributed by atoms with van der Waals surface area (Å²) in [4.78, 5) is 15.5. The highest BCUT2D eigenvalue weighted by Gasteiger charge is 2.27. The van der Waals surface area contributed by atoms with Crippen LogP contribution in [0.3, 0.4) is 0 Å². The van der Waals surface area contributed by atoms with E-state index in [1.807, 2.05) is 48.5 Å². The Balaban J connectivity index is 1.06. The summed E-state index contributed by atoms with van der Waals surface area (Å²) < 4.78 is 11.9. The number of hydrogen-bond donors (Lipinski definition) is 0. The van der Waals surface area contributed by atoms with Crippen molar-refractivity contribution in [2.75, 3.05) is 0 Å². The van der Waals surface area contributed by atoms with E-state index in [9.17, 15) is 0 Å². The number of furan rings is 1. The van der Waals surface area contributed by atoms with E-state index in [2.05, 4.69) is 161 Å². The smallest absolute Gasteiger partial charge is 0.167 e. The zero-order valence-electron chi connectivity index (χ0n) is 33.7. The fourth-order valence-corrected chi connectivity index (χ4v) is 10.2. The van der Waals surface area contributed by atoms with Gasteiger partial charge in [0.2, 0.25) is 0 Å². The van der Waals surface area contributed by atoms with E-state index in [1.165, 1.54) is 48.9 Å². The molecule has 0 radical (unpaired) electrons. The Morgan fingerprint density at radius 2 is 0.873 bits per heavy atom. The molecule has 0 aliphatic carbocycles. The molecule has 5 heterocycles. The fourth-order valence-electron chi connectivity index (χ4n) is 10.2. The molecule has 0 aliphatic rings. The normalized spacial score (nSPS) is 12.1. The minimum absolute atomic E-state index is 0.545. The van der Waals surface area contributed by atoms with Gasteiger partial charge in [0.1, 0.15) is 11.2 Å². The zero-order chi connectivity index (χ0) is 41.2. The molecule has 5 aromatic heterocycles. The van der Waals surface area contributed by atoms with Crippen LogP contribution in [0.1, 0.15) is 0 Å². The van der Waals surface area contributed by atoms with Crippen LogP contribution < -0.4 is 0 Å². The largest absolute Gasteiger partial charge is 0.455 e. The SMILES string of the molecule is c1ccc(-c2ccc(-c3nc(-c4ccccc4)nc(-c4ccc(-n5c6ccccc6c6c7c8ccccc8n8c9ccccc9c(cc65)c78)c5c4oc4ccccc45)n3)cc2)cc1. The molecule has 0 saturated carbocycles. The van der Waals surface area contributed by atoms with Crippen molar-refractivity contribution in [3.63, 3.8) is 0 Å². The van der Waals surface area contributed by atoms with Crippen LogP contribution in [0, 0.1) is 0 Å². The molecule has 292 valence electrons. The molecule has 63 heavy (non-hydrogen) atoms. The zero-order valence-corrected chi connectivity index (χ0v) is 33.7. The highest BCUT2D eigenvalue weighted by molar-refractivity contribution is 6.36. The average molecular weight is 804 g/mol. The maximum atomic E-state index is 6.95. The Labute approximate surface area is 359 Å². The number of nitrogens with zero attached hydrogens (tertiary/aromatic N) is 5. The fraction of sp³-hybridized carbons (Fsp3) is 0. The topological polar surface area (TPSA) is 61.2 Å². The van der Waals surface area contributed by atoms with Gasteiger partial charge < -0.3 is 13.4 Å². The third kappa shape index (κ3) is 4.86. The molecule has 6 nitrogen and oxygen atoms in total. The Morgan fingerprint density at radius 3 is 1.60 bits per heavy atom. The van der Waals surface area contributed by atoms with Crippen molar-refractivity contribution >= 4 is 81.8 Å². The molecule has 0 fully saturated rings. The van der Waals surface area contributed by atoms with Gasteiger partial charge in [0.05, 0.1) is 44.2 Å². The lowest BCUT2D eigenvalue weighted by molar-refractivity contribution is 0.669. The van der Waals surface area contributed by atoms with E-state index in [4.69, 9.17) is 19.4 Å². The second-order valence-corrected chi connectivity index (χ2v) is 16.3. The molecule has 0 bridgehead atoms. The highest BCUT2D eigenvalue weighted by Crippen LogP contribution is 2.48. The molecular formula is C57H33N5O. The van der Waals surface area contributed by atoms with Crippen molar-refractivity contribution in [2.45, 2.75) is 0 Å². The van der Waals surface area contributed by atoms with Gasteiger partial charge in [0.25, 0.3) is 0 Å². The summed E-state index contributed by atoms with van der Waals surface area (Å²) in [6, 6.07) is 70.5. The van der Waals surface area contributed by atoms with Gasteiger partial charge in [-0.1, -0.05) is 158 Å². The number of fused-ring (bicyclic) bond motifs is 13. The van der Waals surface area contributed by atoms with Gasteiger partial charge in [0, 0.05) is 48.8 Å². The molecule has 0 aliphatic heterocycles. The molecule has 0 unspecified atom stereocenters. The summed E-state index contributed by atoms with van der Waals surface area (Å²) in [7, 11) is 0. The molecule has 0 saturated heterocycles. The summed E-state index contributed by atoms with van der Waals surface area (Å²) in [6.07, 6.45) is 0. The third-order valence-corrected chi connectivity index (χ3v) is 12.9. The first-order valence-electron chi connectivity index (χ1n) is 21.3. The second kappa shape index (κ2) is 12.9. The van der Waals surface area contributed by atoms with Crippen LogP contribution in [-0.4, -0.2) is 23.9 Å². The number of hydrogen-bond acceptors (Lipinski definition) is 4. The first-order chi connectivity index (χ1) is 31.3. The standard InChI is InChI=1S/C57H33N5O/c1-3-15-34(16-4-1)35-27-29-37(30-28-35)56-58-55(36-17-5-2-6-18-36)59-57(60-56)42-31-32-47(51-41-22-10-14-26-49(41)63-54(42)51)61-45-24-12-8-20-39(45)50-48(61)33-43-38-19-7-11-23-44(38)62-46-25-13-9-21-40(46)52(50)53(43)62/h1-33H. The minimum Gasteiger partial charge on any atom is -0.455 e. The van der Waals surface area contributed by atoms with Crippen molar-refractivity contribution in [2.24, 2.45) is 0 Å². The summed E-state index contributed by atoms with van der Waals surface area (Å²) in [5.74, 6) is 1.74. The van der Waals surface area contributed by atoms with Gasteiger partial charge in [-0.15, -0.1) is 0 Å². The molecule has 9 aromatic carbocycles. The van der Waals surface area contributed by atoms with E-state index >= 15 is 0 Å². The Kier molecular flexibility index (Phi) is 7.02. The van der Waals surface area contributed by atoms with Crippen molar-refractivity contribution < 1.29 is 4.42 Å².